The summed E-state index contributed by atoms with van der Waals surface area (Å²) in [6.07, 6.45) is -0.602. The van der Waals surface area contributed by atoms with Crippen LogP contribution in [-0.2, 0) is 13.2 Å². The third kappa shape index (κ3) is 5.55. The van der Waals surface area contributed by atoms with Gasteiger partial charge < -0.3 is 15.2 Å². The molecule has 1 atom stereocenters. The SMILES string of the molecule is O[C@@H](CNCc1cc(Br)ccc1OCc1c(F)cccc1Cl)c1ccccc1. The molecule has 3 rings (SSSR count). The lowest BCUT2D eigenvalue weighted by Crippen LogP contribution is -2.21. The molecule has 0 radical (unpaired) electrons. The lowest BCUT2D eigenvalue weighted by molar-refractivity contribution is 0.174. The first kappa shape index (κ1) is 20.8. The Labute approximate surface area is 177 Å². The molecule has 3 aromatic rings. The Morgan fingerprint density at radius 2 is 1.86 bits per heavy atom. The molecule has 6 heteroatoms. The normalized spacial score (nSPS) is 12.0. The first-order chi connectivity index (χ1) is 13.5. The minimum atomic E-state index is -0.602. The predicted molar refractivity (Wildman–Crippen MR) is 113 cm³/mol. The Balaban J connectivity index is 1.64. The molecule has 0 saturated heterocycles. The number of ether oxygens (including phenoxy) is 1. The molecule has 3 aromatic carbocycles. The van der Waals surface area contributed by atoms with E-state index in [1.54, 1.807) is 12.1 Å². The van der Waals surface area contributed by atoms with Crippen molar-refractivity contribution in [2.24, 2.45) is 0 Å². The van der Waals surface area contributed by atoms with E-state index in [1.807, 2.05) is 48.5 Å². The van der Waals surface area contributed by atoms with Gasteiger partial charge in [0.2, 0.25) is 0 Å². The van der Waals surface area contributed by atoms with Gasteiger partial charge in [-0.05, 0) is 35.9 Å². The lowest BCUT2D eigenvalue weighted by Gasteiger charge is -2.16. The molecule has 2 N–H and O–H groups in total. The molecule has 146 valence electrons. The molecular formula is C22H20BrClFNO2. The molecule has 3 nitrogen and oxygen atoms in total. The maximum atomic E-state index is 14.0. The molecule has 0 saturated carbocycles. The van der Waals surface area contributed by atoms with Gasteiger partial charge in [0.05, 0.1) is 11.1 Å². The molecule has 0 bridgehead atoms. The van der Waals surface area contributed by atoms with Crippen molar-refractivity contribution in [1.29, 1.82) is 0 Å². The number of hydrogen-bond acceptors (Lipinski definition) is 3. The fourth-order valence-corrected chi connectivity index (χ4v) is 3.41. The summed E-state index contributed by atoms with van der Waals surface area (Å²) in [5.41, 5.74) is 2.07. The second-order valence-electron chi connectivity index (χ2n) is 6.30. The zero-order valence-corrected chi connectivity index (χ0v) is 17.4. The van der Waals surface area contributed by atoms with E-state index in [1.165, 1.54) is 6.07 Å². The summed E-state index contributed by atoms with van der Waals surface area (Å²) in [5.74, 6) is 0.236. The Morgan fingerprint density at radius 3 is 2.61 bits per heavy atom. The Morgan fingerprint density at radius 1 is 1.07 bits per heavy atom. The quantitative estimate of drug-likeness (QED) is 0.453. The van der Waals surface area contributed by atoms with Crippen LogP contribution in [0.5, 0.6) is 5.75 Å². The summed E-state index contributed by atoms with van der Waals surface area (Å²) < 4.78 is 20.7. The second-order valence-corrected chi connectivity index (χ2v) is 7.62. The van der Waals surface area contributed by atoms with Crippen LogP contribution >= 0.6 is 27.5 Å². The van der Waals surface area contributed by atoms with Gasteiger partial charge >= 0.3 is 0 Å². The fraction of sp³-hybridized carbons (Fsp3) is 0.182. The molecule has 0 aromatic heterocycles. The van der Waals surface area contributed by atoms with Crippen molar-refractivity contribution in [2.75, 3.05) is 6.54 Å². The van der Waals surface area contributed by atoms with E-state index in [0.717, 1.165) is 15.6 Å². The van der Waals surface area contributed by atoms with Crippen molar-refractivity contribution in [3.05, 3.63) is 98.7 Å². The molecular weight excluding hydrogens is 445 g/mol. The molecule has 0 spiro atoms. The van der Waals surface area contributed by atoms with Crippen molar-refractivity contribution in [2.45, 2.75) is 19.3 Å². The Kier molecular flexibility index (Phi) is 7.45. The second kappa shape index (κ2) is 10.0. The molecule has 0 aliphatic rings. The highest BCUT2D eigenvalue weighted by Gasteiger charge is 2.11. The zero-order chi connectivity index (χ0) is 19.9. The number of aliphatic hydroxyl groups excluding tert-OH is 1. The molecule has 0 fully saturated rings. The summed E-state index contributed by atoms with van der Waals surface area (Å²) in [4.78, 5) is 0. The van der Waals surface area contributed by atoms with Crippen LogP contribution in [-0.4, -0.2) is 11.7 Å². The maximum Gasteiger partial charge on any atom is 0.131 e. The fourth-order valence-electron chi connectivity index (χ4n) is 2.78. The summed E-state index contributed by atoms with van der Waals surface area (Å²) in [5, 5.41) is 13.8. The summed E-state index contributed by atoms with van der Waals surface area (Å²) in [7, 11) is 0. The van der Waals surface area contributed by atoms with Crippen LogP contribution in [0.1, 0.15) is 22.8 Å². The number of halogens is 3. The first-order valence-electron chi connectivity index (χ1n) is 8.82. The van der Waals surface area contributed by atoms with Crippen LogP contribution in [0, 0.1) is 5.82 Å². The van der Waals surface area contributed by atoms with Crippen LogP contribution < -0.4 is 10.1 Å². The highest BCUT2D eigenvalue weighted by molar-refractivity contribution is 9.10. The highest BCUT2D eigenvalue weighted by Crippen LogP contribution is 2.26. The number of rotatable bonds is 8. The molecule has 0 heterocycles. The van der Waals surface area contributed by atoms with Crippen LogP contribution in [0.2, 0.25) is 5.02 Å². The topological polar surface area (TPSA) is 41.5 Å². The predicted octanol–water partition coefficient (Wildman–Crippen LogP) is 5.64. The van der Waals surface area contributed by atoms with E-state index < -0.39 is 11.9 Å². The van der Waals surface area contributed by atoms with Gasteiger partial charge in [0.15, 0.2) is 0 Å². The average molecular weight is 465 g/mol. The third-order valence-electron chi connectivity index (χ3n) is 4.29. The van der Waals surface area contributed by atoms with Gasteiger partial charge in [0.25, 0.3) is 0 Å². The highest BCUT2D eigenvalue weighted by atomic mass is 79.9. The van der Waals surface area contributed by atoms with Crippen LogP contribution in [0.4, 0.5) is 4.39 Å². The van der Waals surface area contributed by atoms with E-state index in [-0.39, 0.29) is 6.61 Å². The largest absolute Gasteiger partial charge is 0.488 e. The number of benzene rings is 3. The average Bonchev–Trinajstić information content (AvgIpc) is 2.69. The van der Waals surface area contributed by atoms with E-state index >= 15 is 0 Å². The smallest absolute Gasteiger partial charge is 0.131 e. The van der Waals surface area contributed by atoms with E-state index in [4.69, 9.17) is 16.3 Å². The minimum Gasteiger partial charge on any atom is -0.488 e. The Bertz CT molecular complexity index is 903. The van der Waals surface area contributed by atoms with Gasteiger partial charge in [0.1, 0.15) is 18.2 Å². The van der Waals surface area contributed by atoms with Crippen molar-refractivity contribution >= 4 is 27.5 Å². The molecule has 0 unspecified atom stereocenters. The lowest BCUT2D eigenvalue weighted by atomic mass is 10.1. The van der Waals surface area contributed by atoms with E-state index in [9.17, 15) is 9.50 Å². The maximum absolute atomic E-state index is 14.0. The van der Waals surface area contributed by atoms with Crippen LogP contribution in [0.15, 0.2) is 71.2 Å². The van der Waals surface area contributed by atoms with Crippen molar-refractivity contribution in [1.82, 2.24) is 5.32 Å². The van der Waals surface area contributed by atoms with E-state index in [0.29, 0.717) is 29.4 Å². The summed E-state index contributed by atoms with van der Waals surface area (Å²) in [6.45, 7) is 0.922. The third-order valence-corrected chi connectivity index (χ3v) is 5.14. The number of hydrogen-bond donors (Lipinski definition) is 2. The number of aliphatic hydroxyl groups is 1. The molecule has 0 amide bonds. The van der Waals surface area contributed by atoms with Gasteiger partial charge in [-0.25, -0.2) is 4.39 Å². The number of nitrogens with one attached hydrogen (secondary N) is 1. The molecule has 0 aliphatic carbocycles. The van der Waals surface area contributed by atoms with Crippen molar-refractivity contribution in [3.63, 3.8) is 0 Å². The Hall–Kier alpha value is -1.92. The monoisotopic (exact) mass is 463 g/mol. The van der Waals surface area contributed by atoms with Gasteiger partial charge in [-0.3, -0.25) is 0 Å². The van der Waals surface area contributed by atoms with E-state index in [2.05, 4.69) is 21.2 Å². The van der Waals surface area contributed by atoms with Gasteiger partial charge in [0, 0.05) is 28.7 Å². The van der Waals surface area contributed by atoms with Gasteiger partial charge in [-0.15, -0.1) is 0 Å². The molecule has 0 aliphatic heterocycles. The van der Waals surface area contributed by atoms with Crippen molar-refractivity contribution < 1.29 is 14.2 Å². The van der Waals surface area contributed by atoms with Crippen molar-refractivity contribution in [3.8, 4) is 5.75 Å². The molecule has 28 heavy (non-hydrogen) atoms. The minimum absolute atomic E-state index is 0.0345. The van der Waals surface area contributed by atoms with Gasteiger partial charge in [-0.2, -0.15) is 0 Å². The van der Waals surface area contributed by atoms with Gasteiger partial charge in [-0.1, -0.05) is 63.9 Å². The standard InChI is InChI=1S/C22H20BrClFNO2/c23-17-9-10-22(28-14-18-19(24)7-4-8-20(18)25)16(11-17)12-26-13-21(27)15-5-2-1-3-6-15/h1-11,21,26-27H,12-14H2/t21-/m0/s1. The van der Waals surface area contributed by atoms with Crippen LogP contribution in [0.25, 0.3) is 0 Å². The zero-order valence-electron chi connectivity index (χ0n) is 15.0. The summed E-state index contributed by atoms with van der Waals surface area (Å²) in [6, 6.07) is 19.7. The van der Waals surface area contributed by atoms with Crippen LogP contribution in [0.3, 0.4) is 0 Å². The first-order valence-corrected chi connectivity index (χ1v) is 9.99. The summed E-state index contributed by atoms with van der Waals surface area (Å²) >= 11 is 9.53.